The first kappa shape index (κ1) is 16.1. The normalized spacial score (nSPS) is 10.8. The lowest BCUT2D eigenvalue weighted by molar-refractivity contribution is 0.405. The van der Waals surface area contributed by atoms with Crippen LogP contribution in [0.4, 0.5) is 26.2 Å². The van der Waals surface area contributed by atoms with Gasteiger partial charge >= 0.3 is 0 Å². The minimum Gasteiger partial charge on any atom is -0.370 e. The van der Waals surface area contributed by atoms with Gasteiger partial charge in [-0.3, -0.25) is 0 Å². The van der Waals surface area contributed by atoms with Crippen molar-refractivity contribution < 1.29 is 8.78 Å². The molecule has 0 aliphatic rings. The number of aromatic nitrogens is 2. The van der Waals surface area contributed by atoms with Crippen molar-refractivity contribution in [1.29, 1.82) is 0 Å². The van der Waals surface area contributed by atoms with E-state index >= 15 is 0 Å². The average Bonchev–Trinajstić information content (AvgIpc) is 2.49. The van der Waals surface area contributed by atoms with Gasteiger partial charge in [0.1, 0.15) is 5.82 Å². The highest BCUT2D eigenvalue weighted by molar-refractivity contribution is 5.55. The van der Waals surface area contributed by atoms with E-state index in [4.69, 9.17) is 0 Å². The van der Waals surface area contributed by atoms with Gasteiger partial charge in [-0.1, -0.05) is 6.07 Å². The van der Waals surface area contributed by atoms with Crippen LogP contribution in [0, 0.1) is 11.6 Å². The Labute approximate surface area is 128 Å². The van der Waals surface area contributed by atoms with Crippen LogP contribution in [0.15, 0.2) is 30.5 Å². The smallest absolute Gasteiger partial charge is 0.229 e. The van der Waals surface area contributed by atoms with Crippen molar-refractivity contribution in [3.05, 3.63) is 42.1 Å². The van der Waals surface area contributed by atoms with Gasteiger partial charge < -0.3 is 15.5 Å². The van der Waals surface area contributed by atoms with E-state index in [2.05, 4.69) is 25.5 Å². The third-order valence-corrected chi connectivity index (χ3v) is 2.94. The Bertz CT molecular complexity index is 619. The maximum atomic E-state index is 13.6. The van der Waals surface area contributed by atoms with Crippen LogP contribution in [0.25, 0.3) is 0 Å². The summed E-state index contributed by atoms with van der Waals surface area (Å²) in [4.78, 5) is 10.3. The highest BCUT2D eigenvalue weighted by Gasteiger charge is 2.09. The van der Waals surface area contributed by atoms with Crippen LogP contribution in [-0.2, 0) is 0 Å². The third kappa shape index (κ3) is 4.63. The van der Waals surface area contributed by atoms with Crippen LogP contribution in [-0.4, -0.2) is 42.1 Å². The Balaban J connectivity index is 1.98. The van der Waals surface area contributed by atoms with Crippen molar-refractivity contribution in [3.63, 3.8) is 0 Å². The first-order chi connectivity index (χ1) is 10.6. The quantitative estimate of drug-likeness (QED) is 0.770. The number of hydrogen-bond acceptors (Lipinski definition) is 5. The lowest BCUT2D eigenvalue weighted by Crippen LogP contribution is -2.16. The van der Waals surface area contributed by atoms with Crippen molar-refractivity contribution >= 4 is 17.5 Å². The Morgan fingerprint density at radius 2 is 2.00 bits per heavy atom. The molecule has 0 radical (unpaired) electrons. The lowest BCUT2D eigenvalue weighted by atomic mass is 10.3. The van der Waals surface area contributed by atoms with E-state index in [0.29, 0.717) is 5.82 Å². The summed E-state index contributed by atoms with van der Waals surface area (Å²) in [6, 6.07) is 5.63. The summed E-state index contributed by atoms with van der Waals surface area (Å²) in [6.45, 7) is 1.74. The molecule has 0 bridgehead atoms. The number of halogens is 2. The molecule has 0 aliphatic heterocycles. The largest absolute Gasteiger partial charge is 0.370 e. The standard InChI is InChI=1S/C15H19F2N5/c1-22(2)10-4-8-18-13-7-9-19-15(21-13)20-12-6-3-5-11(16)14(12)17/h3,5-7,9H,4,8,10H2,1-2H3,(H2,18,19,20,21). The molecule has 0 unspecified atom stereocenters. The molecule has 0 aliphatic carbocycles. The summed E-state index contributed by atoms with van der Waals surface area (Å²) >= 11 is 0. The van der Waals surface area contributed by atoms with Crippen molar-refractivity contribution in [2.24, 2.45) is 0 Å². The molecule has 0 spiro atoms. The molecular formula is C15H19F2N5. The van der Waals surface area contributed by atoms with Gasteiger partial charge in [-0.25, -0.2) is 13.8 Å². The molecule has 1 aromatic heterocycles. The van der Waals surface area contributed by atoms with E-state index in [-0.39, 0.29) is 11.6 Å². The van der Waals surface area contributed by atoms with Crippen LogP contribution in [0.2, 0.25) is 0 Å². The van der Waals surface area contributed by atoms with Crippen molar-refractivity contribution in [2.45, 2.75) is 6.42 Å². The highest BCUT2D eigenvalue weighted by atomic mass is 19.2. The topological polar surface area (TPSA) is 53.1 Å². The molecule has 7 heteroatoms. The van der Waals surface area contributed by atoms with Gasteiger partial charge in [0.15, 0.2) is 11.6 Å². The molecule has 22 heavy (non-hydrogen) atoms. The molecular weight excluding hydrogens is 288 g/mol. The molecule has 1 aromatic carbocycles. The fourth-order valence-corrected chi connectivity index (χ4v) is 1.85. The molecule has 0 atom stereocenters. The number of anilines is 3. The Morgan fingerprint density at radius 1 is 1.18 bits per heavy atom. The molecule has 1 heterocycles. The van der Waals surface area contributed by atoms with Gasteiger partial charge in [0.25, 0.3) is 0 Å². The molecule has 0 amide bonds. The zero-order valence-electron chi connectivity index (χ0n) is 12.6. The van der Waals surface area contributed by atoms with E-state index in [1.165, 1.54) is 12.1 Å². The van der Waals surface area contributed by atoms with Gasteiger partial charge in [-0.2, -0.15) is 4.98 Å². The first-order valence-corrected chi connectivity index (χ1v) is 6.99. The molecule has 2 aromatic rings. The van der Waals surface area contributed by atoms with Gasteiger partial charge in [0.2, 0.25) is 5.95 Å². The summed E-state index contributed by atoms with van der Waals surface area (Å²) in [5.74, 6) is -1.02. The second kappa shape index (κ2) is 7.65. The summed E-state index contributed by atoms with van der Waals surface area (Å²) in [6.07, 6.45) is 2.53. The molecule has 0 saturated carbocycles. The fourth-order valence-electron chi connectivity index (χ4n) is 1.85. The van der Waals surface area contributed by atoms with E-state index < -0.39 is 11.6 Å². The van der Waals surface area contributed by atoms with Gasteiger partial charge in [-0.05, 0) is 45.3 Å². The number of nitrogens with one attached hydrogen (secondary N) is 2. The zero-order valence-corrected chi connectivity index (χ0v) is 12.6. The summed E-state index contributed by atoms with van der Waals surface area (Å²) in [5, 5.41) is 5.84. The number of rotatable bonds is 7. The molecule has 0 saturated heterocycles. The minimum absolute atomic E-state index is 0.00441. The predicted molar refractivity (Wildman–Crippen MR) is 83.3 cm³/mol. The van der Waals surface area contributed by atoms with Crippen LogP contribution in [0.5, 0.6) is 0 Å². The number of nitrogens with zero attached hydrogens (tertiary/aromatic N) is 3. The second-order valence-electron chi connectivity index (χ2n) is 5.08. The van der Waals surface area contributed by atoms with Gasteiger partial charge in [0.05, 0.1) is 5.69 Å². The van der Waals surface area contributed by atoms with E-state index in [0.717, 1.165) is 25.6 Å². The van der Waals surface area contributed by atoms with E-state index in [1.807, 2.05) is 14.1 Å². The summed E-state index contributed by atoms with van der Waals surface area (Å²) in [5.41, 5.74) is 0.00441. The maximum absolute atomic E-state index is 13.6. The Hall–Kier alpha value is -2.28. The fraction of sp³-hybridized carbons (Fsp3) is 0.333. The first-order valence-electron chi connectivity index (χ1n) is 6.99. The lowest BCUT2D eigenvalue weighted by Gasteiger charge is -2.11. The molecule has 118 valence electrons. The van der Waals surface area contributed by atoms with Crippen LogP contribution in [0.3, 0.4) is 0 Å². The SMILES string of the molecule is CN(C)CCCNc1ccnc(Nc2cccc(F)c2F)n1. The number of benzene rings is 1. The van der Waals surface area contributed by atoms with Gasteiger partial charge in [0, 0.05) is 12.7 Å². The zero-order chi connectivity index (χ0) is 15.9. The molecule has 5 nitrogen and oxygen atoms in total. The van der Waals surface area contributed by atoms with Crippen LogP contribution in [0.1, 0.15) is 6.42 Å². The van der Waals surface area contributed by atoms with Crippen LogP contribution < -0.4 is 10.6 Å². The third-order valence-electron chi connectivity index (χ3n) is 2.94. The highest BCUT2D eigenvalue weighted by Crippen LogP contribution is 2.20. The van der Waals surface area contributed by atoms with Crippen molar-refractivity contribution in [1.82, 2.24) is 14.9 Å². The minimum atomic E-state index is -0.949. The maximum Gasteiger partial charge on any atom is 0.229 e. The monoisotopic (exact) mass is 307 g/mol. The molecule has 0 fully saturated rings. The van der Waals surface area contributed by atoms with Crippen molar-refractivity contribution in [2.75, 3.05) is 37.8 Å². The van der Waals surface area contributed by atoms with Crippen LogP contribution >= 0.6 is 0 Å². The molecule has 2 rings (SSSR count). The van der Waals surface area contributed by atoms with Gasteiger partial charge in [-0.15, -0.1) is 0 Å². The molecule has 2 N–H and O–H groups in total. The second-order valence-corrected chi connectivity index (χ2v) is 5.08. The predicted octanol–water partition coefficient (Wildman–Crippen LogP) is 2.86. The summed E-state index contributed by atoms with van der Waals surface area (Å²) in [7, 11) is 4.03. The Kier molecular flexibility index (Phi) is 5.60. The Morgan fingerprint density at radius 3 is 2.77 bits per heavy atom. The van der Waals surface area contributed by atoms with E-state index in [1.54, 1.807) is 12.3 Å². The summed E-state index contributed by atoms with van der Waals surface area (Å²) < 4.78 is 26.8. The number of hydrogen-bond donors (Lipinski definition) is 2. The average molecular weight is 307 g/mol. The van der Waals surface area contributed by atoms with E-state index in [9.17, 15) is 8.78 Å². The van der Waals surface area contributed by atoms with Crippen molar-refractivity contribution in [3.8, 4) is 0 Å².